The van der Waals surface area contributed by atoms with Gasteiger partial charge >= 0.3 is 0 Å². The highest BCUT2D eigenvalue weighted by Crippen LogP contribution is 2.28. The molecule has 0 saturated carbocycles. The number of aliphatic hydroxyl groups excluding tert-OH is 1. The molecule has 3 rings (SSSR count). The number of aliphatic hydroxyl groups is 1. The number of benzene rings is 1. The van der Waals surface area contributed by atoms with Gasteiger partial charge in [-0.1, -0.05) is 6.07 Å². The average Bonchev–Trinajstić information content (AvgIpc) is 2.85. The summed E-state index contributed by atoms with van der Waals surface area (Å²) in [4.78, 5) is 21.8. The van der Waals surface area contributed by atoms with Crippen LogP contribution in [0.25, 0.3) is 0 Å². The highest BCUT2D eigenvalue weighted by atomic mass is 16.5. The van der Waals surface area contributed by atoms with Crippen molar-refractivity contribution < 1.29 is 24.1 Å². The third kappa shape index (κ3) is 6.49. The summed E-state index contributed by atoms with van der Waals surface area (Å²) < 4.78 is 16.3. The molecule has 0 aromatic heterocycles. The van der Waals surface area contributed by atoms with Gasteiger partial charge in [-0.15, -0.1) is 0 Å². The van der Waals surface area contributed by atoms with Gasteiger partial charge in [0.25, 0.3) is 0 Å². The van der Waals surface area contributed by atoms with Gasteiger partial charge in [0.15, 0.2) is 17.5 Å². The van der Waals surface area contributed by atoms with Gasteiger partial charge in [-0.25, -0.2) is 4.99 Å². The molecule has 0 atom stereocenters. The Morgan fingerprint density at radius 3 is 2.59 bits per heavy atom. The number of rotatable bonds is 8. The number of nitrogens with one attached hydrogen (secondary N) is 1. The van der Waals surface area contributed by atoms with Crippen LogP contribution in [0.2, 0.25) is 0 Å². The number of hydrogen-bond donors (Lipinski definition) is 2. The zero-order chi connectivity index (χ0) is 22.8. The van der Waals surface area contributed by atoms with Gasteiger partial charge in [0.2, 0.25) is 5.91 Å². The lowest BCUT2D eigenvalue weighted by molar-refractivity contribution is -0.140. The third-order valence-corrected chi connectivity index (χ3v) is 5.79. The van der Waals surface area contributed by atoms with Gasteiger partial charge in [0, 0.05) is 38.6 Å². The summed E-state index contributed by atoms with van der Waals surface area (Å²) in [5, 5.41) is 12.3. The molecule has 2 aliphatic heterocycles. The van der Waals surface area contributed by atoms with Gasteiger partial charge in [-0.3, -0.25) is 4.79 Å². The Balaban J connectivity index is 1.58. The van der Waals surface area contributed by atoms with Crippen LogP contribution in [0.15, 0.2) is 23.2 Å². The average molecular weight is 449 g/mol. The molecule has 2 saturated heterocycles. The standard InChI is InChI=1S/C23H36N4O5/c1-3-24-23(25-17-18-4-5-20(32-15-12-28)21(16-18)30-2)27-8-6-19(7-9-27)22(29)26-10-13-31-14-11-26/h4-5,16,19,28H,3,6-15,17H2,1-2H3,(H,24,25). The molecule has 2 heterocycles. The van der Waals surface area contributed by atoms with Crippen LogP contribution in [0.3, 0.4) is 0 Å². The van der Waals surface area contributed by atoms with Crippen molar-refractivity contribution in [3.05, 3.63) is 23.8 Å². The minimum Gasteiger partial charge on any atom is -0.493 e. The molecular formula is C23H36N4O5. The summed E-state index contributed by atoms with van der Waals surface area (Å²) >= 11 is 0. The molecule has 0 unspecified atom stereocenters. The van der Waals surface area contributed by atoms with Crippen LogP contribution >= 0.6 is 0 Å². The van der Waals surface area contributed by atoms with Gasteiger partial charge in [-0.2, -0.15) is 0 Å². The summed E-state index contributed by atoms with van der Waals surface area (Å²) in [5.41, 5.74) is 1.01. The van der Waals surface area contributed by atoms with Gasteiger partial charge in [0.1, 0.15) is 6.61 Å². The summed E-state index contributed by atoms with van der Waals surface area (Å²) in [6.07, 6.45) is 1.68. The van der Waals surface area contributed by atoms with Gasteiger partial charge in [-0.05, 0) is 37.5 Å². The molecule has 1 amide bonds. The van der Waals surface area contributed by atoms with Crippen molar-refractivity contribution in [2.45, 2.75) is 26.3 Å². The molecule has 178 valence electrons. The maximum Gasteiger partial charge on any atom is 0.225 e. The Morgan fingerprint density at radius 2 is 1.94 bits per heavy atom. The summed E-state index contributed by atoms with van der Waals surface area (Å²) in [6, 6.07) is 5.71. The van der Waals surface area contributed by atoms with Crippen LogP contribution in [-0.4, -0.2) is 93.0 Å². The normalized spacial score (nSPS) is 17.9. The summed E-state index contributed by atoms with van der Waals surface area (Å²) in [5.74, 6) is 2.45. The molecule has 2 fully saturated rings. The second-order valence-corrected chi connectivity index (χ2v) is 7.93. The Bertz CT molecular complexity index is 759. The van der Waals surface area contributed by atoms with E-state index in [0.29, 0.717) is 44.3 Å². The number of morpholine rings is 1. The number of nitrogens with zero attached hydrogens (tertiary/aromatic N) is 3. The smallest absolute Gasteiger partial charge is 0.225 e. The van der Waals surface area contributed by atoms with Crippen LogP contribution in [0.4, 0.5) is 0 Å². The SMILES string of the molecule is CCNC(=NCc1ccc(OCCO)c(OC)c1)N1CCC(C(=O)N2CCOCC2)CC1. The Kier molecular flexibility index (Phi) is 9.43. The van der Waals surface area contributed by atoms with E-state index in [1.54, 1.807) is 7.11 Å². The Hall–Kier alpha value is -2.52. The van der Waals surface area contributed by atoms with E-state index in [2.05, 4.69) is 17.1 Å². The largest absolute Gasteiger partial charge is 0.493 e. The van der Waals surface area contributed by atoms with Crippen LogP contribution in [0.5, 0.6) is 11.5 Å². The molecule has 1 aromatic carbocycles. The van der Waals surface area contributed by atoms with Gasteiger partial charge < -0.3 is 34.4 Å². The minimum atomic E-state index is -0.0457. The first kappa shape index (κ1) is 24.1. The zero-order valence-electron chi connectivity index (χ0n) is 19.2. The minimum absolute atomic E-state index is 0.0457. The number of aliphatic imine (C=N–C) groups is 1. The quantitative estimate of drug-likeness (QED) is 0.454. The number of likely N-dealkylation sites (tertiary alicyclic amines) is 1. The zero-order valence-corrected chi connectivity index (χ0v) is 19.2. The van der Waals surface area contributed by atoms with Crippen LogP contribution < -0.4 is 14.8 Å². The molecule has 0 bridgehead atoms. The highest BCUT2D eigenvalue weighted by molar-refractivity contribution is 5.82. The topological polar surface area (TPSA) is 95.9 Å². The number of carbonyl (C=O) groups is 1. The van der Waals surface area contributed by atoms with Gasteiger partial charge in [0.05, 0.1) is 33.5 Å². The first-order valence-corrected chi connectivity index (χ1v) is 11.5. The number of carbonyl (C=O) groups excluding carboxylic acids is 1. The number of hydrogen-bond acceptors (Lipinski definition) is 6. The molecule has 2 aliphatic rings. The lowest BCUT2D eigenvalue weighted by Gasteiger charge is -2.36. The van der Waals surface area contributed by atoms with E-state index in [9.17, 15) is 4.79 Å². The van der Waals surface area contributed by atoms with E-state index in [1.807, 2.05) is 23.1 Å². The van der Waals surface area contributed by atoms with Crippen LogP contribution in [-0.2, 0) is 16.1 Å². The fourth-order valence-corrected chi connectivity index (χ4v) is 4.06. The van der Waals surface area contributed by atoms with E-state index in [4.69, 9.17) is 24.3 Å². The molecule has 1 aromatic rings. The number of amides is 1. The molecule has 0 radical (unpaired) electrons. The van der Waals surface area contributed by atoms with Crippen molar-refractivity contribution in [2.24, 2.45) is 10.9 Å². The van der Waals surface area contributed by atoms with E-state index < -0.39 is 0 Å². The number of ether oxygens (including phenoxy) is 3. The van der Waals surface area contributed by atoms with Crippen molar-refractivity contribution in [1.82, 2.24) is 15.1 Å². The van der Waals surface area contributed by atoms with E-state index in [0.717, 1.165) is 44.0 Å². The van der Waals surface area contributed by atoms with Crippen molar-refractivity contribution in [2.75, 3.05) is 66.3 Å². The third-order valence-electron chi connectivity index (χ3n) is 5.79. The number of piperidine rings is 1. The second-order valence-electron chi connectivity index (χ2n) is 7.93. The Labute approximate surface area is 190 Å². The van der Waals surface area contributed by atoms with E-state index in [-0.39, 0.29) is 25.0 Å². The molecule has 0 spiro atoms. The Morgan fingerprint density at radius 1 is 1.19 bits per heavy atom. The van der Waals surface area contributed by atoms with Crippen molar-refractivity contribution >= 4 is 11.9 Å². The second kappa shape index (κ2) is 12.5. The monoisotopic (exact) mass is 448 g/mol. The molecule has 32 heavy (non-hydrogen) atoms. The maximum atomic E-state index is 12.8. The predicted molar refractivity (Wildman–Crippen MR) is 122 cm³/mol. The first-order valence-electron chi connectivity index (χ1n) is 11.5. The summed E-state index contributed by atoms with van der Waals surface area (Å²) in [6.45, 7) is 7.83. The van der Waals surface area contributed by atoms with Crippen LogP contribution in [0.1, 0.15) is 25.3 Å². The van der Waals surface area contributed by atoms with Crippen molar-refractivity contribution in [3.63, 3.8) is 0 Å². The number of guanidine groups is 1. The fraction of sp³-hybridized carbons (Fsp3) is 0.652. The molecule has 9 heteroatoms. The first-order chi connectivity index (χ1) is 15.7. The molecular weight excluding hydrogens is 412 g/mol. The summed E-state index contributed by atoms with van der Waals surface area (Å²) in [7, 11) is 1.60. The van der Waals surface area contributed by atoms with E-state index in [1.165, 1.54) is 0 Å². The molecule has 2 N–H and O–H groups in total. The maximum absolute atomic E-state index is 12.8. The van der Waals surface area contributed by atoms with Crippen molar-refractivity contribution in [1.29, 1.82) is 0 Å². The fourth-order valence-electron chi connectivity index (χ4n) is 4.06. The highest BCUT2D eigenvalue weighted by Gasteiger charge is 2.30. The lowest BCUT2D eigenvalue weighted by Crippen LogP contribution is -2.50. The van der Waals surface area contributed by atoms with E-state index >= 15 is 0 Å². The van der Waals surface area contributed by atoms with Crippen molar-refractivity contribution in [3.8, 4) is 11.5 Å². The molecule has 9 nitrogen and oxygen atoms in total. The lowest BCUT2D eigenvalue weighted by atomic mass is 9.95. The number of methoxy groups -OCH3 is 1. The van der Waals surface area contributed by atoms with Crippen LogP contribution in [0, 0.1) is 5.92 Å². The molecule has 0 aliphatic carbocycles. The predicted octanol–water partition coefficient (Wildman–Crippen LogP) is 1.10.